The minimum atomic E-state index is 0.0905. The summed E-state index contributed by atoms with van der Waals surface area (Å²) in [5, 5.41) is 2.08. The molecule has 0 aliphatic carbocycles. The molecule has 1 aromatic heterocycles. The van der Waals surface area contributed by atoms with Crippen molar-refractivity contribution in [1.82, 2.24) is 0 Å². The Morgan fingerprint density at radius 2 is 2.11 bits per heavy atom. The molecule has 1 unspecified atom stereocenters. The maximum atomic E-state index is 11.8. The summed E-state index contributed by atoms with van der Waals surface area (Å²) in [6.07, 6.45) is 0. The van der Waals surface area contributed by atoms with Gasteiger partial charge >= 0.3 is 0 Å². The Bertz CT molecular complexity index is 580. The predicted molar refractivity (Wildman–Crippen MR) is 85.3 cm³/mol. The van der Waals surface area contributed by atoms with Crippen LogP contribution in [0.1, 0.15) is 35.1 Å². The third-order valence-corrected chi connectivity index (χ3v) is 4.79. The minimum Gasteiger partial charge on any atom is -0.366 e. The number of hydrogen-bond acceptors (Lipinski definition) is 3. The zero-order valence-corrected chi connectivity index (χ0v) is 13.6. The van der Waals surface area contributed by atoms with Gasteiger partial charge in [-0.3, -0.25) is 4.79 Å². The SMILES string of the molecule is CC(=O)c1ccc(Br)cc1N(C)C(C)c1cccs1. The molecule has 2 nitrogen and oxygen atoms in total. The monoisotopic (exact) mass is 337 g/mol. The molecule has 0 spiro atoms. The molecule has 0 radical (unpaired) electrons. The van der Waals surface area contributed by atoms with Crippen molar-refractivity contribution >= 4 is 38.7 Å². The van der Waals surface area contributed by atoms with Crippen LogP contribution in [0, 0.1) is 0 Å². The fourth-order valence-electron chi connectivity index (χ4n) is 2.02. The van der Waals surface area contributed by atoms with Crippen LogP contribution in [0.4, 0.5) is 5.69 Å². The second-order valence-corrected chi connectivity index (χ2v) is 6.41. The molecular formula is C15H16BrNOS. The molecule has 1 atom stereocenters. The van der Waals surface area contributed by atoms with Crippen molar-refractivity contribution in [2.45, 2.75) is 19.9 Å². The lowest BCUT2D eigenvalue weighted by atomic mass is 10.1. The van der Waals surface area contributed by atoms with Crippen LogP contribution in [0.25, 0.3) is 0 Å². The summed E-state index contributed by atoms with van der Waals surface area (Å²) in [5.41, 5.74) is 1.72. The van der Waals surface area contributed by atoms with Crippen molar-refractivity contribution in [2.24, 2.45) is 0 Å². The highest BCUT2D eigenvalue weighted by Crippen LogP contribution is 2.32. The molecule has 2 rings (SSSR count). The van der Waals surface area contributed by atoms with Gasteiger partial charge in [0.2, 0.25) is 0 Å². The van der Waals surface area contributed by atoms with E-state index in [1.165, 1.54) is 4.88 Å². The van der Waals surface area contributed by atoms with Crippen molar-refractivity contribution < 1.29 is 4.79 Å². The van der Waals surface area contributed by atoms with Crippen molar-refractivity contribution in [2.75, 3.05) is 11.9 Å². The predicted octanol–water partition coefficient (Wildman–Crippen LogP) is 4.91. The Balaban J connectivity index is 2.40. The summed E-state index contributed by atoms with van der Waals surface area (Å²) >= 11 is 5.21. The van der Waals surface area contributed by atoms with E-state index in [1.807, 2.05) is 25.2 Å². The van der Waals surface area contributed by atoms with Gasteiger partial charge in [-0.25, -0.2) is 0 Å². The minimum absolute atomic E-state index is 0.0905. The number of nitrogens with zero attached hydrogens (tertiary/aromatic N) is 1. The third-order valence-electron chi connectivity index (χ3n) is 3.25. The molecule has 4 heteroatoms. The van der Waals surface area contributed by atoms with Crippen LogP contribution in [0.15, 0.2) is 40.2 Å². The largest absolute Gasteiger partial charge is 0.366 e. The number of Topliss-reactive ketones (excluding diaryl/α,β-unsaturated/α-hetero) is 1. The lowest BCUT2D eigenvalue weighted by molar-refractivity contribution is 0.101. The second kappa shape index (κ2) is 5.88. The number of benzene rings is 1. The van der Waals surface area contributed by atoms with Crippen molar-refractivity contribution in [3.8, 4) is 0 Å². The van der Waals surface area contributed by atoms with Gasteiger partial charge in [-0.2, -0.15) is 0 Å². The zero-order chi connectivity index (χ0) is 14.0. The number of halogens is 1. The zero-order valence-electron chi connectivity index (χ0n) is 11.2. The number of ketones is 1. The van der Waals surface area contributed by atoms with Gasteiger partial charge in [0.05, 0.1) is 6.04 Å². The van der Waals surface area contributed by atoms with E-state index in [-0.39, 0.29) is 11.8 Å². The van der Waals surface area contributed by atoms with E-state index >= 15 is 0 Å². The summed E-state index contributed by atoms with van der Waals surface area (Å²) in [6.45, 7) is 3.76. The Morgan fingerprint density at radius 1 is 1.37 bits per heavy atom. The lowest BCUT2D eigenvalue weighted by Crippen LogP contribution is -2.22. The van der Waals surface area contributed by atoms with Crippen LogP contribution in [0.2, 0.25) is 0 Å². The highest BCUT2D eigenvalue weighted by atomic mass is 79.9. The van der Waals surface area contributed by atoms with Crippen LogP contribution in [-0.4, -0.2) is 12.8 Å². The molecule has 0 amide bonds. The van der Waals surface area contributed by atoms with Gasteiger partial charge in [0, 0.05) is 27.6 Å². The van der Waals surface area contributed by atoms with E-state index < -0.39 is 0 Å². The van der Waals surface area contributed by atoms with Crippen molar-refractivity contribution in [3.63, 3.8) is 0 Å². The molecule has 0 saturated carbocycles. The molecule has 2 aromatic rings. The van der Waals surface area contributed by atoms with E-state index in [4.69, 9.17) is 0 Å². The summed E-state index contributed by atoms with van der Waals surface area (Å²) < 4.78 is 0.984. The molecule has 0 bridgehead atoms. The summed E-state index contributed by atoms with van der Waals surface area (Å²) in [5.74, 6) is 0.0905. The van der Waals surface area contributed by atoms with Crippen LogP contribution in [-0.2, 0) is 0 Å². The highest BCUT2D eigenvalue weighted by molar-refractivity contribution is 9.10. The van der Waals surface area contributed by atoms with E-state index in [1.54, 1.807) is 18.3 Å². The maximum absolute atomic E-state index is 11.8. The fraction of sp³-hybridized carbons (Fsp3) is 0.267. The van der Waals surface area contributed by atoms with Gasteiger partial charge in [-0.05, 0) is 43.5 Å². The van der Waals surface area contributed by atoms with Crippen molar-refractivity contribution in [1.29, 1.82) is 0 Å². The van der Waals surface area contributed by atoms with Crippen LogP contribution < -0.4 is 4.90 Å². The number of thiophene rings is 1. The van der Waals surface area contributed by atoms with Crippen LogP contribution >= 0.6 is 27.3 Å². The number of anilines is 1. The smallest absolute Gasteiger partial charge is 0.161 e. The van der Waals surface area contributed by atoms with Crippen molar-refractivity contribution in [3.05, 3.63) is 50.6 Å². The van der Waals surface area contributed by atoms with Gasteiger partial charge in [0.25, 0.3) is 0 Å². The van der Waals surface area contributed by atoms with Gasteiger partial charge in [-0.15, -0.1) is 11.3 Å². The molecule has 100 valence electrons. The molecule has 1 aromatic carbocycles. The average Bonchev–Trinajstić information content (AvgIpc) is 2.90. The van der Waals surface area contributed by atoms with E-state index in [9.17, 15) is 4.79 Å². The number of hydrogen-bond donors (Lipinski definition) is 0. The fourth-order valence-corrected chi connectivity index (χ4v) is 3.20. The number of rotatable bonds is 4. The highest BCUT2D eigenvalue weighted by Gasteiger charge is 2.18. The normalized spacial score (nSPS) is 12.2. The Labute approximate surface area is 126 Å². The quantitative estimate of drug-likeness (QED) is 0.738. The van der Waals surface area contributed by atoms with Gasteiger partial charge in [0.15, 0.2) is 5.78 Å². The Kier molecular flexibility index (Phi) is 4.42. The van der Waals surface area contributed by atoms with Crippen LogP contribution in [0.3, 0.4) is 0 Å². The summed E-state index contributed by atoms with van der Waals surface area (Å²) in [7, 11) is 2.03. The van der Waals surface area contributed by atoms with E-state index in [0.29, 0.717) is 0 Å². The standard InChI is InChI=1S/C15H16BrNOS/c1-10(15-5-4-8-19-15)17(3)14-9-12(16)6-7-13(14)11(2)18/h4-10H,1-3H3. The molecule has 0 saturated heterocycles. The first kappa shape index (κ1) is 14.3. The Morgan fingerprint density at radius 3 is 2.68 bits per heavy atom. The first-order chi connectivity index (χ1) is 9.00. The lowest BCUT2D eigenvalue weighted by Gasteiger charge is -2.28. The molecule has 0 N–H and O–H groups in total. The number of carbonyl (C=O) groups is 1. The molecule has 0 fully saturated rings. The van der Waals surface area contributed by atoms with Gasteiger partial charge in [0.1, 0.15) is 0 Å². The van der Waals surface area contributed by atoms with Crippen LogP contribution in [0.5, 0.6) is 0 Å². The number of carbonyl (C=O) groups excluding carboxylic acids is 1. The maximum Gasteiger partial charge on any atom is 0.161 e. The molecule has 1 heterocycles. The molecular weight excluding hydrogens is 322 g/mol. The van der Waals surface area contributed by atoms with Gasteiger partial charge < -0.3 is 4.90 Å². The second-order valence-electron chi connectivity index (χ2n) is 4.52. The Hall–Kier alpha value is -1.13. The average molecular weight is 338 g/mol. The summed E-state index contributed by atoms with van der Waals surface area (Å²) in [6, 6.07) is 10.2. The topological polar surface area (TPSA) is 20.3 Å². The molecule has 0 aliphatic heterocycles. The van der Waals surface area contributed by atoms with E-state index in [0.717, 1.165) is 15.7 Å². The van der Waals surface area contributed by atoms with Gasteiger partial charge in [-0.1, -0.05) is 22.0 Å². The molecule has 19 heavy (non-hydrogen) atoms. The van der Waals surface area contributed by atoms with E-state index in [2.05, 4.69) is 45.3 Å². The first-order valence-corrected chi connectivity index (χ1v) is 7.74. The first-order valence-electron chi connectivity index (χ1n) is 6.07. The third kappa shape index (κ3) is 3.07. The summed E-state index contributed by atoms with van der Waals surface area (Å²) in [4.78, 5) is 15.2. The molecule has 0 aliphatic rings.